The third kappa shape index (κ3) is 2.62. The second kappa shape index (κ2) is 6.13. The van der Waals surface area contributed by atoms with Crippen molar-refractivity contribution in [3.05, 3.63) is 0 Å². The van der Waals surface area contributed by atoms with Crippen LogP contribution in [0.1, 0.15) is 46.0 Å². The molecule has 1 aliphatic carbocycles. The van der Waals surface area contributed by atoms with Crippen molar-refractivity contribution in [1.82, 2.24) is 4.90 Å². The molecule has 2 aliphatic heterocycles. The van der Waals surface area contributed by atoms with Crippen LogP contribution in [0, 0.1) is 17.8 Å². The topological polar surface area (TPSA) is 68.2 Å². The van der Waals surface area contributed by atoms with Gasteiger partial charge in [0.15, 0.2) is 0 Å². The molecule has 0 radical (unpaired) electrons. The van der Waals surface area contributed by atoms with Gasteiger partial charge in [0.2, 0.25) is 5.60 Å². The van der Waals surface area contributed by atoms with Gasteiger partial charge in [-0.05, 0) is 38.0 Å². The van der Waals surface area contributed by atoms with E-state index in [9.17, 15) is 9.59 Å². The van der Waals surface area contributed by atoms with E-state index in [0.717, 1.165) is 25.0 Å². The minimum Gasteiger partial charge on any atom is -0.469 e. The van der Waals surface area contributed by atoms with Gasteiger partial charge >= 0.3 is 5.97 Å². The maximum atomic E-state index is 13.1. The summed E-state index contributed by atoms with van der Waals surface area (Å²) in [5.74, 6) is 0.221. The first-order chi connectivity index (χ1) is 11.0. The summed E-state index contributed by atoms with van der Waals surface area (Å²) in [4.78, 5) is 32.4. The molecule has 0 N–H and O–H groups in total. The molecule has 2 unspecified atom stereocenters. The number of hydrogen-bond donors (Lipinski definition) is 0. The van der Waals surface area contributed by atoms with Gasteiger partial charge in [0.05, 0.1) is 24.7 Å². The van der Waals surface area contributed by atoms with Crippen LogP contribution in [0.4, 0.5) is 0 Å². The monoisotopic (exact) mass is 322 g/mol. The van der Waals surface area contributed by atoms with Gasteiger partial charge in [-0.25, -0.2) is 0 Å². The third-order valence-corrected chi connectivity index (χ3v) is 5.55. The minimum absolute atomic E-state index is 0.0581. The SMILES string of the molecule is COC(=O)C1CCN(C(=O)C23CCCC2C(C(C)C)=NO3)CC1. The maximum absolute atomic E-state index is 13.1. The molecule has 2 heterocycles. The molecule has 0 spiro atoms. The number of hydrogen-bond acceptors (Lipinski definition) is 5. The Morgan fingerprint density at radius 2 is 2.00 bits per heavy atom. The molecular formula is C17H26N2O4. The Kier molecular flexibility index (Phi) is 4.34. The highest BCUT2D eigenvalue weighted by atomic mass is 16.7. The second-order valence-electron chi connectivity index (χ2n) is 7.19. The highest BCUT2D eigenvalue weighted by molar-refractivity contribution is 5.99. The van der Waals surface area contributed by atoms with Gasteiger partial charge in [0, 0.05) is 13.1 Å². The number of carbonyl (C=O) groups excluding carboxylic acids is 2. The van der Waals surface area contributed by atoms with E-state index >= 15 is 0 Å². The first-order valence-corrected chi connectivity index (χ1v) is 8.62. The van der Waals surface area contributed by atoms with E-state index in [-0.39, 0.29) is 23.7 Å². The van der Waals surface area contributed by atoms with Crippen LogP contribution in [0.25, 0.3) is 0 Å². The smallest absolute Gasteiger partial charge is 0.308 e. The largest absolute Gasteiger partial charge is 0.469 e. The van der Waals surface area contributed by atoms with Crippen molar-refractivity contribution in [3.8, 4) is 0 Å². The van der Waals surface area contributed by atoms with Gasteiger partial charge in [-0.3, -0.25) is 9.59 Å². The van der Waals surface area contributed by atoms with Gasteiger partial charge < -0.3 is 14.5 Å². The second-order valence-corrected chi connectivity index (χ2v) is 7.19. The van der Waals surface area contributed by atoms with Crippen LogP contribution in [0.2, 0.25) is 0 Å². The molecule has 0 bridgehead atoms. The highest BCUT2D eigenvalue weighted by Crippen LogP contribution is 2.46. The molecule has 3 aliphatic rings. The van der Waals surface area contributed by atoms with E-state index in [4.69, 9.17) is 9.57 Å². The number of oxime groups is 1. The summed E-state index contributed by atoms with van der Waals surface area (Å²) in [5, 5.41) is 4.26. The lowest BCUT2D eigenvalue weighted by atomic mass is 9.82. The number of piperidine rings is 1. The number of fused-ring (bicyclic) bond motifs is 1. The summed E-state index contributed by atoms with van der Waals surface area (Å²) in [6.45, 7) is 5.38. The van der Waals surface area contributed by atoms with Crippen LogP contribution >= 0.6 is 0 Å². The maximum Gasteiger partial charge on any atom is 0.308 e. The number of ether oxygens (including phenoxy) is 1. The number of nitrogens with zero attached hydrogens (tertiary/aromatic N) is 2. The molecule has 6 nitrogen and oxygen atoms in total. The first-order valence-electron chi connectivity index (χ1n) is 8.62. The van der Waals surface area contributed by atoms with Crippen LogP contribution in [0.5, 0.6) is 0 Å². The normalized spacial score (nSPS) is 30.9. The molecule has 2 fully saturated rings. The summed E-state index contributed by atoms with van der Waals surface area (Å²) in [6.07, 6.45) is 4.05. The van der Waals surface area contributed by atoms with E-state index in [1.165, 1.54) is 7.11 Å². The van der Waals surface area contributed by atoms with Gasteiger partial charge in [0.1, 0.15) is 0 Å². The molecule has 2 atom stereocenters. The van der Waals surface area contributed by atoms with Crippen LogP contribution in [-0.2, 0) is 19.2 Å². The Morgan fingerprint density at radius 1 is 1.30 bits per heavy atom. The molecule has 0 aromatic rings. The third-order valence-electron chi connectivity index (χ3n) is 5.55. The lowest BCUT2D eigenvalue weighted by Crippen LogP contribution is -2.54. The van der Waals surface area contributed by atoms with Crippen LogP contribution in [0.15, 0.2) is 5.16 Å². The predicted molar refractivity (Wildman–Crippen MR) is 84.8 cm³/mol. The van der Waals surface area contributed by atoms with Gasteiger partial charge in [-0.2, -0.15) is 0 Å². The van der Waals surface area contributed by atoms with Crippen molar-refractivity contribution < 1.29 is 19.2 Å². The number of methoxy groups -OCH3 is 1. The summed E-state index contributed by atoms with van der Waals surface area (Å²) >= 11 is 0. The molecule has 1 saturated carbocycles. The van der Waals surface area contributed by atoms with Crippen molar-refractivity contribution in [3.63, 3.8) is 0 Å². The zero-order valence-electron chi connectivity index (χ0n) is 14.2. The molecule has 6 heteroatoms. The standard InChI is InChI=1S/C17H26N2O4/c1-11(2)14-13-5-4-8-17(13,23-18-14)16(21)19-9-6-12(7-10-19)15(20)22-3/h11-13H,4-10H2,1-3H3. The summed E-state index contributed by atoms with van der Waals surface area (Å²) in [6, 6.07) is 0. The first kappa shape index (κ1) is 16.3. The minimum atomic E-state index is -0.780. The molecule has 0 aromatic heterocycles. The lowest BCUT2D eigenvalue weighted by Gasteiger charge is -2.36. The van der Waals surface area contributed by atoms with Crippen molar-refractivity contribution in [1.29, 1.82) is 0 Å². The fraction of sp³-hybridized carbons (Fsp3) is 0.824. The van der Waals surface area contributed by atoms with E-state index < -0.39 is 5.60 Å². The quantitative estimate of drug-likeness (QED) is 0.745. The van der Waals surface area contributed by atoms with E-state index in [1.54, 1.807) is 0 Å². The van der Waals surface area contributed by atoms with Crippen molar-refractivity contribution in [2.75, 3.05) is 20.2 Å². The predicted octanol–water partition coefficient (Wildman–Crippen LogP) is 1.98. The molecular weight excluding hydrogens is 296 g/mol. The highest BCUT2D eigenvalue weighted by Gasteiger charge is 2.59. The molecule has 1 saturated heterocycles. The Morgan fingerprint density at radius 3 is 2.61 bits per heavy atom. The Bertz CT molecular complexity index is 523. The van der Waals surface area contributed by atoms with Crippen LogP contribution in [-0.4, -0.2) is 48.3 Å². The van der Waals surface area contributed by atoms with Crippen LogP contribution in [0.3, 0.4) is 0 Å². The zero-order valence-corrected chi connectivity index (χ0v) is 14.2. The van der Waals surface area contributed by atoms with Crippen molar-refractivity contribution in [2.24, 2.45) is 22.9 Å². The number of esters is 1. The molecule has 23 heavy (non-hydrogen) atoms. The molecule has 0 aromatic carbocycles. The summed E-state index contributed by atoms with van der Waals surface area (Å²) in [7, 11) is 1.42. The van der Waals surface area contributed by atoms with E-state index in [1.807, 2.05) is 4.90 Å². The Hall–Kier alpha value is -1.59. The Labute approximate surface area is 137 Å². The molecule has 3 rings (SSSR count). The number of carbonyl (C=O) groups is 2. The average Bonchev–Trinajstić information content (AvgIpc) is 3.12. The fourth-order valence-electron chi connectivity index (χ4n) is 4.23. The average molecular weight is 322 g/mol. The van der Waals surface area contributed by atoms with Gasteiger partial charge in [-0.15, -0.1) is 0 Å². The van der Waals surface area contributed by atoms with Crippen molar-refractivity contribution >= 4 is 17.6 Å². The van der Waals surface area contributed by atoms with Crippen molar-refractivity contribution in [2.45, 2.75) is 51.6 Å². The molecule has 1 amide bonds. The summed E-state index contributed by atoms with van der Waals surface area (Å²) in [5.41, 5.74) is 0.248. The number of rotatable bonds is 3. The fourth-order valence-corrected chi connectivity index (χ4v) is 4.23. The van der Waals surface area contributed by atoms with E-state index in [0.29, 0.717) is 31.8 Å². The molecule has 128 valence electrons. The van der Waals surface area contributed by atoms with Crippen LogP contribution < -0.4 is 0 Å². The lowest BCUT2D eigenvalue weighted by molar-refractivity contribution is -0.161. The number of amides is 1. The zero-order chi connectivity index (χ0) is 16.6. The Balaban J connectivity index is 1.68. The van der Waals surface area contributed by atoms with E-state index in [2.05, 4.69) is 19.0 Å². The summed E-state index contributed by atoms with van der Waals surface area (Å²) < 4.78 is 4.81. The number of likely N-dealkylation sites (tertiary alicyclic amines) is 1. The van der Waals surface area contributed by atoms with Gasteiger partial charge in [-0.1, -0.05) is 19.0 Å². The van der Waals surface area contributed by atoms with Gasteiger partial charge in [0.25, 0.3) is 5.91 Å².